The third kappa shape index (κ3) is 3.37. The summed E-state index contributed by atoms with van der Waals surface area (Å²) < 4.78 is 0. The fraction of sp³-hybridized carbons (Fsp3) is 0.875. The van der Waals surface area contributed by atoms with E-state index < -0.39 is 0 Å². The predicted molar refractivity (Wildman–Crippen MR) is 42.0 cm³/mol. The zero-order valence-corrected chi connectivity index (χ0v) is 6.84. The number of aliphatic hydroxyl groups excluding tert-OH is 1. The maximum absolute atomic E-state index is 11.0. The van der Waals surface area contributed by atoms with Crippen LogP contribution in [0, 0.1) is 5.92 Å². The minimum absolute atomic E-state index is 0.0242. The van der Waals surface area contributed by atoms with E-state index in [1.165, 1.54) is 12.8 Å². The molecule has 1 aliphatic rings. The smallest absolute Gasteiger partial charge is 0.220 e. The van der Waals surface area contributed by atoms with E-state index in [0.717, 1.165) is 0 Å². The second-order valence-corrected chi connectivity index (χ2v) is 3.30. The van der Waals surface area contributed by atoms with Crippen molar-refractivity contribution in [2.24, 2.45) is 5.92 Å². The monoisotopic (exact) mass is 157 g/mol. The largest absolute Gasteiger partial charge is 0.394 e. The summed E-state index contributed by atoms with van der Waals surface area (Å²) in [4.78, 5) is 11.0. The molecule has 0 spiro atoms. The number of carbonyl (C=O) groups excluding carboxylic acids is 1. The van der Waals surface area contributed by atoms with Gasteiger partial charge in [-0.05, 0) is 25.7 Å². The molecule has 0 heterocycles. The first kappa shape index (κ1) is 8.53. The average Bonchev–Trinajstić information content (AvgIpc) is 2.71. The van der Waals surface area contributed by atoms with Gasteiger partial charge in [0.15, 0.2) is 0 Å². The van der Waals surface area contributed by atoms with Crippen LogP contribution in [0.4, 0.5) is 0 Å². The van der Waals surface area contributed by atoms with E-state index >= 15 is 0 Å². The van der Waals surface area contributed by atoms with Crippen LogP contribution in [0.15, 0.2) is 0 Å². The lowest BCUT2D eigenvalue weighted by Crippen LogP contribution is -2.35. The number of aliphatic hydroxyl groups is 1. The van der Waals surface area contributed by atoms with Gasteiger partial charge in [0, 0.05) is 12.5 Å². The first-order valence-corrected chi connectivity index (χ1v) is 4.12. The van der Waals surface area contributed by atoms with Crippen molar-refractivity contribution in [1.29, 1.82) is 0 Å². The standard InChI is InChI=1S/C8H15NO2/c1-6(5-10)9-8(11)4-7-2-3-7/h6-7,10H,2-5H2,1H3,(H,9,11)/t6-/m0/s1. The Balaban J connectivity index is 2.08. The summed E-state index contributed by atoms with van der Waals surface area (Å²) in [5, 5.41) is 11.3. The summed E-state index contributed by atoms with van der Waals surface area (Å²) in [7, 11) is 0. The van der Waals surface area contributed by atoms with E-state index in [1.807, 2.05) is 0 Å². The number of hydrogen-bond acceptors (Lipinski definition) is 2. The number of nitrogens with one attached hydrogen (secondary N) is 1. The molecule has 0 aromatic heterocycles. The van der Waals surface area contributed by atoms with E-state index in [9.17, 15) is 4.79 Å². The van der Waals surface area contributed by atoms with Gasteiger partial charge in [-0.15, -0.1) is 0 Å². The highest BCUT2D eigenvalue weighted by atomic mass is 16.3. The van der Waals surface area contributed by atoms with Crippen LogP contribution in [-0.2, 0) is 4.79 Å². The van der Waals surface area contributed by atoms with Gasteiger partial charge in [-0.3, -0.25) is 4.79 Å². The van der Waals surface area contributed by atoms with Crippen molar-refractivity contribution >= 4 is 5.91 Å². The molecular formula is C8H15NO2. The maximum Gasteiger partial charge on any atom is 0.220 e. The van der Waals surface area contributed by atoms with E-state index in [-0.39, 0.29) is 18.6 Å². The summed E-state index contributed by atoms with van der Waals surface area (Å²) in [5.41, 5.74) is 0. The minimum Gasteiger partial charge on any atom is -0.394 e. The molecule has 1 atom stereocenters. The van der Waals surface area contributed by atoms with Gasteiger partial charge < -0.3 is 10.4 Å². The van der Waals surface area contributed by atoms with E-state index in [4.69, 9.17) is 5.11 Å². The highest BCUT2D eigenvalue weighted by Crippen LogP contribution is 2.32. The van der Waals surface area contributed by atoms with Crippen molar-refractivity contribution in [2.75, 3.05) is 6.61 Å². The van der Waals surface area contributed by atoms with E-state index in [1.54, 1.807) is 6.92 Å². The first-order chi connectivity index (χ1) is 5.22. The van der Waals surface area contributed by atoms with Gasteiger partial charge in [0.05, 0.1) is 6.61 Å². The van der Waals surface area contributed by atoms with Crippen molar-refractivity contribution in [3.8, 4) is 0 Å². The zero-order chi connectivity index (χ0) is 8.27. The summed E-state index contributed by atoms with van der Waals surface area (Å²) >= 11 is 0. The Hall–Kier alpha value is -0.570. The SMILES string of the molecule is C[C@@H](CO)NC(=O)CC1CC1. The quantitative estimate of drug-likeness (QED) is 0.616. The van der Waals surface area contributed by atoms with Gasteiger partial charge in [0.25, 0.3) is 0 Å². The second-order valence-electron chi connectivity index (χ2n) is 3.30. The lowest BCUT2D eigenvalue weighted by atomic mass is 10.2. The molecule has 3 heteroatoms. The van der Waals surface area contributed by atoms with E-state index in [2.05, 4.69) is 5.32 Å². The average molecular weight is 157 g/mol. The molecular weight excluding hydrogens is 142 g/mol. The summed E-state index contributed by atoms with van der Waals surface area (Å²) in [5.74, 6) is 0.704. The molecule has 1 saturated carbocycles. The van der Waals surface area contributed by atoms with Gasteiger partial charge in [-0.1, -0.05) is 0 Å². The summed E-state index contributed by atoms with van der Waals surface area (Å²) in [6.45, 7) is 1.82. The van der Waals surface area contributed by atoms with Crippen LogP contribution in [-0.4, -0.2) is 23.7 Å². The number of rotatable bonds is 4. The highest BCUT2D eigenvalue weighted by Gasteiger charge is 2.24. The maximum atomic E-state index is 11.0. The van der Waals surface area contributed by atoms with E-state index in [0.29, 0.717) is 12.3 Å². The van der Waals surface area contributed by atoms with Gasteiger partial charge in [-0.25, -0.2) is 0 Å². The van der Waals surface area contributed by atoms with Gasteiger partial charge >= 0.3 is 0 Å². The molecule has 0 saturated heterocycles. The van der Waals surface area contributed by atoms with Crippen molar-refractivity contribution in [1.82, 2.24) is 5.32 Å². The molecule has 11 heavy (non-hydrogen) atoms. The molecule has 1 fully saturated rings. The molecule has 0 radical (unpaired) electrons. The third-order valence-electron chi connectivity index (χ3n) is 1.85. The highest BCUT2D eigenvalue weighted by molar-refractivity contribution is 5.76. The molecule has 0 unspecified atom stereocenters. The Morgan fingerprint density at radius 3 is 2.82 bits per heavy atom. The van der Waals surface area contributed by atoms with Crippen LogP contribution >= 0.6 is 0 Å². The molecule has 0 aliphatic heterocycles. The third-order valence-corrected chi connectivity index (χ3v) is 1.85. The lowest BCUT2D eigenvalue weighted by molar-refractivity contribution is -0.122. The van der Waals surface area contributed by atoms with Crippen molar-refractivity contribution < 1.29 is 9.90 Å². The fourth-order valence-corrected chi connectivity index (χ4v) is 0.964. The van der Waals surface area contributed by atoms with Crippen LogP contribution in [0.1, 0.15) is 26.2 Å². The predicted octanol–water partition coefficient (Wildman–Crippen LogP) is 0.283. The Kier molecular flexibility index (Phi) is 2.88. The number of carbonyl (C=O) groups is 1. The molecule has 3 nitrogen and oxygen atoms in total. The van der Waals surface area contributed by atoms with Gasteiger partial charge in [0.1, 0.15) is 0 Å². The van der Waals surface area contributed by atoms with Crippen molar-refractivity contribution in [2.45, 2.75) is 32.2 Å². The molecule has 0 aromatic rings. The summed E-state index contributed by atoms with van der Waals surface area (Å²) in [6, 6.07) is -0.0961. The van der Waals surface area contributed by atoms with Crippen LogP contribution in [0.5, 0.6) is 0 Å². The fourth-order valence-electron chi connectivity index (χ4n) is 0.964. The first-order valence-electron chi connectivity index (χ1n) is 4.12. The number of amides is 1. The molecule has 64 valence electrons. The molecule has 2 N–H and O–H groups in total. The minimum atomic E-state index is -0.0961. The Labute approximate surface area is 66.8 Å². The Morgan fingerprint density at radius 1 is 1.73 bits per heavy atom. The molecule has 1 amide bonds. The van der Waals surface area contributed by atoms with Crippen LogP contribution < -0.4 is 5.32 Å². The van der Waals surface area contributed by atoms with Crippen LogP contribution in [0.3, 0.4) is 0 Å². The van der Waals surface area contributed by atoms with Crippen LogP contribution in [0.2, 0.25) is 0 Å². The second kappa shape index (κ2) is 3.72. The van der Waals surface area contributed by atoms with Crippen molar-refractivity contribution in [3.63, 3.8) is 0 Å². The topological polar surface area (TPSA) is 49.3 Å². The Bertz CT molecular complexity index is 143. The Morgan fingerprint density at radius 2 is 2.36 bits per heavy atom. The number of hydrogen-bond donors (Lipinski definition) is 2. The van der Waals surface area contributed by atoms with Crippen LogP contribution in [0.25, 0.3) is 0 Å². The molecule has 1 rings (SSSR count). The zero-order valence-electron chi connectivity index (χ0n) is 6.84. The molecule has 1 aliphatic carbocycles. The lowest BCUT2D eigenvalue weighted by Gasteiger charge is -2.09. The normalized spacial score (nSPS) is 19.5. The molecule has 0 bridgehead atoms. The molecule has 0 aromatic carbocycles. The summed E-state index contributed by atoms with van der Waals surface area (Å²) in [6.07, 6.45) is 3.03. The van der Waals surface area contributed by atoms with Crippen molar-refractivity contribution in [3.05, 3.63) is 0 Å². The van der Waals surface area contributed by atoms with Gasteiger partial charge in [0.2, 0.25) is 5.91 Å². The van der Waals surface area contributed by atoms with Gasteiger partial charge in [-0.2, -0.15) is 0 Å².